The van der Waals surface area contributed by atoms with Crippen LogP contribution in [0.1, 0.15) is 42.7 Å². The molecule has 3 rings (SSSR count). The van der Waals surface area contributed by atoms with Crippen LogP contribution < -0.4 is 0 Å². The number of benzene rings is 2. The van der Waals surface area contributed by atoms with E-state index >= 15 is 0 Å². The number of piperidine rings is 1. The van der Waals surface area contributed by atoms with E-state index in [2.05, 4.69) is 67.7 Å². The van der Waals surface area contributed by atoms with Gasteiger partial charge in [0, 0.05) is 12.3 Å². The largest absolute Gasteiger partial charge is 0.326 e. The maximum Gasteiger partial charge on any atom is 0.0793 e. The summed E-state index contributed by atoms with van der Waals surface area (Å²) in [6, 6.07) is 22.0. The molecule has 0 aromatic heterocycles. The lowest BCUT2D eigenvalue weighted by Crippen LogP contribution is -2.48. The topological polar surface area (TPSA) is 0 Å². The summed E-state index contributed by atoms with van der Waals surface area (Å²) in [6.45, 7) is 4.00. The van der Waals surface area contributed by atoms with Crippen LogP contribution in [0.5, 0.6) is 0 Å². The molecule has 1 aliphatic rings. The Balaban J connectivity index is 1.77. The molecular weight excluding hydrogens is 266 g/mol. The second-order valence-electron chi connectivity index (χ2n) is 7.01. The Labute approximate surface area is 135 Å². The Kier molecular flexibility index (Phi) is 4.94. The molecule has 116 valence electrons. The van der Waals surface area contributed by atoms with Gasteiger partial charge in [0.2, 0.25) is 0 Å². The average molecular weight is 294 g/mol. The number of rotatable bonds is 5. The van der Waals surface area contributed by atoms with E-state index in [-0.39, 0.29) is 0 Å². The summed E-state index contributed by atoms with van der Waals surface area (Å²) >= 11 is 0. The zero-order valence-electron chi connectivity index (χ0n) is 13.7. The molecule has 0 N–H and O–H groups in total. The molecule has 1 fully saturated rings. The zero-order valence-corrected chi connectivity index (χ0v) is 13.7. The minimum atomic E-state index is 0.527. The predicted octanol–water partition coefficient (Wildman–Crippen LogP) is 4.84. The van der Waals surface area contributed by atoms with Gasteiger partial charge in [-0.25, -0.2) is 0 Å². The van der Waals surface area contributed by atoms with Gasteiger partial charge in [0.15, 0.2) is 0 Å². The second kappa shape index (κ2) is 7.11. The van der Waals surface area contributed by atoms with Gasteiger partial charge in [-0.2, -0.15) is 0 Å². The summed E-state index contributed by atoms with van der Waals surface area (Å²) in [7, 11) is 2.45. The minimum Gasteiger partial charge on any atom is -0.326 e. The lowest BCUT2D eigenvalue weighted by molar-refractivity contribution is -0.914. The standard InChI is InChI=1S/C21H28N/c1-22(16-9-4-10-17-22)18-15-21(19-11-5-2-6-12-19)20-13-7-3-8-14-20/h2-3,5-8,11-14,21H,4,9-10,15-18H2,1H3/q+1. The Morgan fingerprint density at radius 2 is 1.27 bits per heavy atom. The zero-order chi connectivity index (χ0) is 15.3. The molecule has 1 heterocycles. The van der Waals surface area contributed by atoms with Crippen LogP contribution in [-0.4, -0.2) is 31.2 Å². The van der Waals surface area contributed by atoms with Crippen LogP contribution >= 0.6 is 0 Å². The third kappa shape index (κ3) is 3.78. The summed E-state index contributed by atoms with van der Waals surface area (Å²) < 4.78 is 1.26. The van der Waals surface area contributed by atoms with E-state index < -0.39 is 0 Å². The predicted molar refractivity (Wildman–Crippen MR) is 94.0 cm³/mol. The van der Waals surface area contributed by atoms with E-state index in [0.717, 1.165) is 0 Å². The number of hydrogen-bond donors (Lipinski definition) is 0. The molecule has 1 aliphatic heterocycles. The van der Waals surface area contributed by atoms with E-state index in [1.165, 1.54) is 60.9 Å². The molecule has 0 spiro atoms. The van der Waals surface area contributed by atoms with Crippen LogP contribution in [0.4, 0.5) is 0 Å². The second-order valence-corrected chi connectivity index (χ2v) is 7.01. The Hall–Kier alpha value is -1.60. The molecule has 22 heavy (non-hydrogen) atoms. The Morgan fingerprint density at radius 1 is 0.773 bits per heavy atom. The third-order valence-electron chi connectivity index (χ3n) is 5.26. The first-order chi connectivity index (χ1) is 10.8. The van der Waals surface area contributed by atoms with Gasteiger partial charge < -0.3 is 4.48 Å². The molecule has 1 nitrogen and oxygen atoms in total. The van der Waals surface area contributed by atoms with Crippen molar-refractivity contribution in [3.8, 4) is 0 Å². The molecule has 0 radical (unpaired) electrons. The molecule has 0 atom stereocenters. The SMILES string of the molecule is C[N+]1(CCC(c2ccccc2)c2ccccc2)CCCCC1. The van der Waals surface area contributed by atoms with E-state index in [1.54, 1.807) is 0 Å². The normalized spacial score (nSPS) is 17.5. The van der Waals surface area contributed by atoms with Gasteiger partial charge >= 0.3 is 0 Å². The van der Waals surface area contributed by atoms with Crippen LogP contribution in [0.3, 0.4) is 0 Å². The average Bonchev–Trinajstić information content (AvgIpc) is 2.58. The first-order valence-electron chi connectivity index (χ1n) is 8.70. The van der Waals surface area contributed by atoms with E-state index in [4.69, 9.17) is 0 Å². The monoisotopic (exact) mass is 294 g/mol. The highest BCUT2D eigenvalue weighted by Crippen LogP contribution is 2.29. The van der Waals surface area contributed by atoms with Crippen LogP contribution in [-0.2, 0) is 0 Å². The lowest BCUT2D eigenvalue weighted by atomic mass is 9.88. The molecular formula is C21H28N+. The van der Waals surface area contributed by atoms with Crippen molar-refractivity contribution >= 4 is 0 Å². The molecule has 2 aromatic carbocycles. The smallest absolute Gasteiger partial charge is 0.0793 e. The molecule has 1 saturated heterocycles. The summed E-state index contributed by atoms with van der Waals surface area (Å²) in [4.78, 5) is 0. The summed E-state index contributed by atoms with van der Waals surface area (Å²) in [5.41, 5.74) is 2.91. The molecule has 0 amide bonds. The first kappa shape index (κ1) is 15.3. The summed E-state index contributed by atoms with van der Waals surface area (Å²) in [6.07, 6.45) is 5.47. The van der Waals surface area contributed by atoms with Crippen molar-refractivity contribution in [3.63, 3.8) is 0 Å². The first-order valence-corrected chi connectivity index (χ1v) is 8.70. The molecule has 0 saturated carbocycles. The van der Waals surface area contributed by atoms with Crippen molar-refractivity contribution in [1.82, 2.24) is 0 Å². The minimum absolute atomic E-state index is 0.527. The number of hydrogen-bond acceptors (Lipinski definition) is 0. The molecule has 1 heteroatoms. The number of quaternary nitrogens is 1. The molecule has 0 bridgehead atoms. The Bertz CT molecular complexity index is 515. The highest BCUT2D eigenvalue weighted by molar-refractivity contribution is 5.32. The van der Waals surface area contributed by atoms with Gasteiger partial charge in [-0.3, -0.25) is 0 Å². The highest BCUT2D eigenvalue weighted by atomic mass is 15.3. The fourth-order valence-corrected chi connectivity index (χ4v) is 3.84. The van der Waals surface area contributed by atoms with E-state index in [0.29, 0.717) is 5.92 Å². The molecule has 0 aliphatic carbocycles. The fraction of sp³-hybridized carbons (Fsp3) is 0.429. The van der Waals surface area contributed by atoms with Crippen LogP contribution in [0, 0.1) is 0 Å². The van der Waals surface area contributed by atoms with Crippen molar-refractivity contribution in [2.75, 3.05) is 26.7 Å². The Morgan fingerprint density at radius 3 is 1.77 bits per heavy atom. The van der Waals surface area contributed by atoms with Crippen molar-refractivity contribution in [3.05, 3.63) is 71.8 Å². The summed E-state index contributed by atoms with van der Waals surface area (Å²) in [5.74, 6) is 0.527. The number of nitrogens with zero attached hydrogens (tertiary/aromatic N) is 1. The van der Waals surface area contributed by atoms with Crippen molar-refractivity contribution in [1.29, 1.82) is 0 Å². The molecule has 2 aromatic rings. The third-order valence-corrected chi connectivity index (χ3v) is 5.26. The fourth-order valence-electron chi connectivity index (χ4n) is 3.84. The van der Waals surface area contributed by atoms with Crippen LogP contribution in [0.15, 0.2) is 60.7 Å². The van der Waals surface area contributed by atoms with Crippen LogP contribution in [0.25, 0.3) is 0 Å². The van der Waals surface area contributed by atoms with Gasteiger partial charge in [-0.15, -0.1) is 0 Å². The van der Waals surface area contributed by atoms with E-state index in [9.17, 15) is 0 Å². The van der Waals surface area contributed by atoms with Gasteiger partial charge in [0.05, 0.1) is 26.7 Å². The van der Waals surface area contributed by atoms with Gasteiger partial charge in [-0.1, -0.05) is 60.7 Å². The van der Waals surface area contributed by atoms with E-state index in [1.807, 2.05) is 0 Å². The maximum atomic E-state index is 2.45. The van der Waals surface area contributed by atoms with Gasteiger partial charge in [0.25, 0.3) is 0 Å². The van der Waals surface area contributed by atoms with Gasteiger partial charge in [0.1, 0.15) is 0 Å². The van der Waals surface area contributed by atoms with Crippen molar-refractivity contribution in [2.45, 2.75) is 31.6 Å². The highest BCUT2D eigenvalue weighted by Gasteiger charge is 2.26. The maximum absolute atomic E-state index is 2.45. The number of likely N-dealkylation sites (tertiary alicyclic amines) is 1. The molecule has 0 unspecified atom stereocenters. The van der Waals surface area contributed by atoms with Crippen molar-refractivity contribution < 1.29 is 4.48 Å². The van der Waals surface area contributed by atoms with Crippen molar-refractivity contribution in [2.24, 2.45) is 0 Å². The lowest BCUT2D eigenvalue weighted by Gasteiger charge is -2.38. The quantitative estimate of drug-likeness (QED) is 0.692. The van der Waals surface area contributed by atoms with Gasteiger partial charge in [-0.05, 0) is 30.4 Å². The van der Waals surface area contributed by atoms with Crippen LogP contribution in [0.2, 0.25) is 0 Å². The summed E-state index contributed by atoms with van der Waals surface area (Å²) in [5, 5.41) is 0.